The third kappa shape index (κ3) is 5.70. The molecule has 9 nitrogen and oxygen atoms in total. The average molecular weight is 623 g/mol. The van der Waals surface area contributed by atoms with Crippen LogP contribution >= 0.6 is 0 Å². The number of methoxy groups -OCH3 is 2. The lowest BCUT2D eigenvalue weighted by molar-refractivity contribution is -0.141. The number of carbonyl (C=O) groups is 2. The molecule has 0 aliphatic carbocycles. The number of nitrogens with one attached hydrogen (secondary N) is 1. The summed E-state index contributed by atoms with van der Waals surface area (Å²) in [6, 6.07) is 0. The Bertz CT molecular complexity index is 1790. The van der Waals surface area contributed by atoms with Crippen molar-refractivity contribution in [3.05, 3.63) is 104 Å². The number of nitrogens with zero attached hydrogens (tertiary/aromatic N) is 3. The molecule has 5 heterocycles. The van der Waals surface area contributed by atoms with Crippen LogP contribution in [0.5, 0.6) is 0 Å². The molecule has 5 aliphatic rings. The first-order valence-corrected chi connectivity index (χ1v) is 15.6. The molecule has 2 N–H and O–H groups in total. The number of ether oxygens (including phenoxy) is 2. The molecule has 0 aromatic rings. The predicted molar refractivity (Wildman–Crippen MR) is 181 cm³/mol. The molecule has 1 fully saturated rings. The molecule has 0 aromatic carbocycles. The number of rotatable bonds is 7. The van der Waals surface area contributed by atoms with Crippen molar-refractivity contribution >= 4 is 29.1 Å². The summed E-state index contributed by atoms with van der Waals surface area (Å²) in [4.78, 5) is 40.5. The van der Waals surface area contributed by atoms with E-state index in [1.165, 1.54) is 14.2 Å². The van der Waals surface area contributed by atoms with Crippen LogP contribution in [0.25, 0.3) is 0 Å². The molecular formula is C37H42N4O5. The maximum atomic E-state index is 13.0. The summed E-state index contributed by atoms with van der Waals surface area (Å²) in [5.41, 5.74) is 12.0. The van der Waals surface area contributed by atoms with Crippen molar-refractivity contribution in [1.29, 1.82) is 0 Å². The zero-order chi connectivity index (χ0) is 33.4. The molecule has 8 bridgehead atoms. The van der Waals surface area contributed by atoms with Gasteiger partial charge in [0.25, 0.3) is 0 Å². The fourth-order valence-electron chi connectivity index (χ4n) is 6.81. The zero-order valence-electron chi connectivity index (χ0n) is 27.9. The molecule has 0 radical (unpaired) electrons. The first-order valence-electron chi connectivity index (χ1n) is 15.6. The van der Waals surface area contributed by atoms with E-state index in [1.807, 2.05) is 38.2 Å². The Morgan fingerprint density at radius 2 is 1.63 bits per heavy atom. The quantitative estimate of drug-likeness (QED) is 0.233. The van der Waals surface area contributed by atoms with Gasteiger partial charge in [0, 0.05) is 46.4 Å². The number of allylic oxidation sites excluding steroid dienone is 12. The van der Waals surface area contributed by atoms with Gasteiger partial charge in [0.1, 0.15) is 0 Å². The van der Waals surface area contributed by atoms with Crippen LogP contribution in [0.3, 0.4) is 0 Å². The number of aliphatic hydroxyl groups is 1. The van der Waals surface area contributed by atoms with Gasteiger partial charge < -0.3 is 19.9 Å². The minimum atomic E-state index is -0.446. The lowest BCUT2D eigenvalue weighted by atomic mass is 9.84. The van der Waals surface area contributed by atoms with E-state index >= 15 is 0 Å². The molecule has 46 heavy (non-hydrogen) atoms. The largest absolute Gasteiger partial charge is 0.512 e. The smallest absolute Gasteiger partial charge is 0.310 e. The topological polar surface area (TPSA) is 122 Å². The standard InChI is InChI=1S/C37H42N4O5/c1-10-23-18(3)27-15-29-20(5)25(12-13-33(43)45-8)36(40-29)26(14-34(44)46-9)37-35(22(7)42)21(6)30(41-37)17-32-24(11-2)19(4)28(39-32)16-31(23)38-27/h10,15-17,20,25,40,42H,1,11-14H2,2-9H3. The number of hydrogen-bond acceptors (Lipinski definition) is 9. The Balaban J connectivity index is 1.85. The van der Waals surface area contributed by atoms with E-state index in [4.69, 9.17) is 24.5 Å². The number of hydrogen-bond donors (Lipinski definition) is 2. The second-order valence-electron chi connectivity index (χ2n) is 12.1. The fourth-order valence-corrected chi connectivity index (χ4v) is 6.81. The third-order valence-corrected chi connectivity index (χ3v) is 9.47. The number of aliphatic imine (C=N–C) groups is 3. The Kier molecular flexibility index (Phi) is 9.15. The fraction of sp³-hybridized carbons (Fsp3) is 0.378. The molecule has 2 atom stereocenters. The van der Waals surface area contributed by atoms with Gasteiger partial charge in [-0.25, -0.2) is 15.0 Å². The third-order valence-electron chi connectivity index (χ3n) is 9.47. The Morgan fingerprint density at radius 3 is 2.26 bits per heavy atom. The van der Waals surface area contributed by atoms with Crippen LogP contribution in [0.1, 0.15) is 67.2 Å². The van der Waals surface area contributed by atoms with Crippen LogP contribution in [0.4, 0.5) is 0 Å². The van der Waals surface area contributed by atoms with E-state index in [1.54, 1.807) is 6.92 Å². The molecular weight excluding hydrogens is 580 g/mol. The van der Waals surface area contributed by atoms with E-state index in [9.17, 15) is 14.7 Å². The van der Waals surface area contributed by atoms with Gasteiger partial charge in [-0.05, 0) is 81.1 Å². The molecule has 5 aliphatic heterocycles. The molecule has 2 unspecified atom stereocenters. The van der Waals surface area contributed by atoms with Crippen molar-refractivity contribution in [2.24, 2.45) is 26.8 Å². The van der Waals surface area contributed by atoms with E-state index < -0.39 is 5.97 Å². The minimum Gasteiger partial charge on any atom is -0.512 e. The first kappa shape index (κ1) is 32.6. The molecule has 5 rings (SSSR count). The van der Waals surface area contributed by atoms with E-state index in [0.717, 1.165) is 68.5 Å². The zero-order valence-corrected chi connectivity index (χ0v) is 27.9. The van der Waals surface area contributed by atoms with Crippen LogP contribution in [0.15, 0.2) is 119 Å². The summed E-state index contributed by atoms with van der Waals surface area (Å²) in [6.07, 6.45) is 9.17. The summed E-state index contributed by atoms with van der Waals surface area (Å²) < 4.78 is 10.1. The molecule has 0 spiro atoms. The van der Waals surface area contributed by atoms with Gasteiger partial charge in [-0.15, -0.1) is 0 Å². The van der Waals surface area contributed by atoms with Gasteiger partial charge in [0.15, 0.2) is 0 Å². The molecule has 0 amide bonds. The normalized spacial score (nSPS) is 23.5. The molecule has 0 saturated carbocycles. The molecule has 9 heteroatoms. The predicted octanol–water partition coefficient (Wildman–Crippen LogP) is 6.98. The Hall–Kier alpha value is -4.79. The summed E-state index contributed by atoms with van der Waals surface area (Å²) in [6.45, 7) is 15.9. The maximum absolute atomic E-state index is 13.0. The summed E-state index contributed by atoms with van der Waals surface area (Å²) >= 11 is 0. The highest BCUT2D eigenvalue weighted by Crippen LogP contribution is 2.43. The highest BCUT2D eigenvalue weighted by molar-refractivity contribution is 6.20. The van der Waals surface area contributed by atoms with E-state index in [2.05, 4.69) is 32.7 Å². The van der Waals surface area contributed by atoms with Crippen LogP contribution in [0, 0.1) is 11.8 Å². The molecule has 0 aromatic heterocycles. The van der Waals surface area contributed by atoms with Gasteiger partial charge in [0.05, 0.1) is 60.6 Å². The van der Waals surface area contributed by atoms with Crippen LogP contribution in [-0.4, -0.2) is 48.4 Å². The van der Waals surface area contributed by atoms with Crippen molar-refractivity contribution in [3.8, 4) is 0 Å². The number of carbonyl (C=O) groups excluding carboxylic acids is 2. The van der Waals surface area contributed by atoms with Crippen molar-refractivity contribution in [3.63, 3.8) is 0 Å². The maximum Gasteiger partial charge on any atom is 0.310 e. The van der Waals surface area contributed by atoms with Gasteiger partial charge in [0.2, 0.25) is 0 Å². The van der Waals surface area contributed by atoms with Gasteiger partial charge >= 0.3 is 11.9 Å². The highest BCUT2D eigenvalue weighted by atomic mass is 16.5. The summed E-state index contributed by atoms with van der Waals surface area (Å²) in [5.74, 6) is -0.935. The van der Waals surface area contributed by atoms with Crippen molar-refractivity contribution in [1.82, 2.24) is 5.32 Å². The van der Waals surface area contributed by atoms with Crippen LogP contribution < -0.4 is 5.32 Å². The van der Waals surface area contributed by atoms with Crippen LogP contribution in [-0.2, 0) is 19.1 Å². The van der Waals surface area contributed by atoms with Gasteiger partial charge in [-0.2, -0.15) is 0 Å². The summed E-state index contributed by atoms with van der Waals surface area (Å²) in [5, 5.41) is 14.7. The lowest BCUT2D eigenvalue weighted by Crippen LogP contribution is -2.21. The van der Waals surface area contributed by atoms with Crippen molar-refractivity contribution in [2.45, 2.75) is 67.2 Å². The summed E-state index contributed by atoms with van der Waals surface area (Å²) in [7, 11) is 2.73. The molecule has 240 valence electrons. The van der Waals surface area contributed by atoms with Crippen LogP contribution in [0.2, 0.25) is 0 Å². The van der Waals surface area contributed by atoms with Crippen molar-refractivity contribution in [2.75, 3.05) is 14.2 Å². The van der Waals surface area contributed by atoms with E-state index in [0.29, 0.717) is 29.0 Å². The Labute approximate surface area is 270 Å². The second kappa shape index (κ2) is 12.9. The number of fused-ring (bicyclic) bond motifs is 5. The second-order valence-corrected chi connectivity index (χ2v) is 12.1. The lowest BCUT2D eigenvalue weighted by Gasteiger charge is -2.20. The SMILES string of the molecule is C=CC1=C(C)C2=NC1=CC1=NC(=CC3=C(C)C(=C(C)O)C(=N3)C(CC(=O)OC)=C3NC(=C2)C(C)C3CCC(=O)OC)C(CC)=C1C. The highest BCUT2D eigenvalue weighted by Gasteiger charge is 2.39. The molecule has 1 saturated heterocycles. The monoisotopic (exact) mass is 622 g/mol. The Morgan fingerprint density at radius 1 is 0.957 bits per heavy atom. The van der Waals surface area contributed by atoms with Gasteiger partial charge in [-0.3, -0.25) is 9.59 Å². The van der Waals surface area contributed by atoms with Gasteiger partial charge in [-0.1, -0.05) is 26.5 Å². The average Bonchev–Trinajstić information content (AvgIpc) is 3.71. The van der Waals surface area contributed by atoms with E-state index in [-0.39, 0.29) is 36.4 Å². The van der Waals surface area contributed by atoms with Crippen molar-refractivity contribution < 1.29 is 24.2 Å². The number of aliphatic hydroxyl groups excluding tert-OH is 1. The number of esters is 2. The first-order chi connectivity index (χ1) is 21.9. The minimum absolute atomic E-state index is 0.0725.